The van der Waals surface area contributed by atoms with Crippen LogP contribution in [0.5, 0.6) is 0 Å². The molecule has 0 radical (unpaired) electrons. The topological polar surface area (TPSA) is 81.2 Å². The summed E-state index contributed by atoms with van der Waals surface area (Å²) in [4.78, 5) is 14.3. The lowest BCUT2D eigenvalue weighted by Gasteiger charge is -2.36. The number of hydrazine groups is 1. The molecule has 0 bridgehead atoms. The number of carbonyl (C=O) groups is 1. The summed E-state index contributed by atoms with van der Waals surface area (Å²) in [5.41, 5.74) is 9.43. The highest BCUT2D eigenvalue weighted by Gasteiger charge is 2.44. The normalized spacial score (nSPS) is 29.4. The van der Waals surface area contributed by atoms with Crippen LogP contribution in [0.25, 0.3) is 0 Å². The second-order valence-electron chi connectivity index (χ2n) is 8.20. The van der Waals surface area contributed by atoms with Crippen molar-refractivity contribution < 1.29 is 9.53 Å². The number of nitrogens with one attached hydrogen (secondary N) is 3. The first-order valence-corrected chi connectivity index (χ1v) is 11.6. The first-order chi connectivity index (χ1) is 14.7. The highest BCUT2D eigenvalue weighted by molar-refractivity contribution is 8.14. The molecule has 4 aliphatic heterocycles. The molecule has 0 aromatic heterocycles. The molecule has 1 aromatic rings. The molecular formula is C21H28N6O2S. The number of ether oxygens (including phenoxy) is 1. The van der Waals surface area contributed by atoms with Crippen LogP contribution < -0.4 is 16.2 Å². The number of hydrogen-bond acceptors (Lipinski definition) is 8. The Bertz CT molecular complexity index is 838. The zero-order chi connectivity index (χ0) is 20.5. The van der Waals surface area contributed by atoms with E-state index in [4.69, 9.17) is 4.74 Å². The highest BCUT2D eigenvalue weighted by atomic mass is 32.2. The van der Waals surface area contributed by atoms with E-state index < -0.39 is 0 Å². The maximum Gasteiger partial charge on any atom is 0.230 e. The fourth-order valence-corrected chi connectivity index (χ4v) is 5.18. The summed E-state index contributed by atoms with van der Waals surface area (Å²) in [6, 6.07) is 9.25. The molecule has 1 amide bonds. The van der Waals surface area contributed by atoms with Crippen molar-refractivity contribution in [3.05, 3.63) is 47.8 Å². The monoisotopic (exact) mass is 428 g/mol. The fourth-order valence-electron chi connectivity index (χ4n) is 4.38. The van der Waals surface area contributed by atoms with E-state index in [1.807, 2.05) is 6.20 Å². The molecule has 4 atom stereocenters. The van der Waals surface area contributed by atoms with Gasteiger partial charge in [-0.2, -0.15) is 5.10 Å². The Morgan fingerprint density at radius 1 is 1.33 bits per heavy atom. The maximum absolute atomic E-state index is 12.2. The fraction of sp³-hybridized carbons (Fsp3) is 0.524. The van der Waals surface area contributed by atoms with Crippen molar-refractivity contribution in [2.24, 2.45) is 5.10 Å². The average molecular weight is 429 g/mol. The molecule has 2 fully saturated rings. The standard InChI is InChI=1S/C21H28N6O2S/c1-14-4-6-15(7-5-14)17-11-18-20-23-24-21(26(20)8-9-27(18)25-17)30-13-19(28)22-12-16-3-2-10-29-16/h4-9,16-18,20,23,25H,2-3,10-13H2,1H3,(H,22,28)/t16-,17?,18?,20?/m1/s1. The van der Waals surface area contributed by atoms with Crippen molar-refractivity contribution in [3.8, 4) is 0 Å². The Kier molecular flexibility index (Phi) is 5.58. The molecule has 3 N–H and O–H groups in total. The molecule has 0 saturated carbocycles. The minimum absolute atomic E-state index is 0.0197. The SMILES string of the molecule is Cc1ccc(C2CC3C4NN=C(SCC(=O)NC[C@H]5CCCO5)N4C=CN3N2)cc1. The number of benzene rings is 1. The first-order valence-electron chi connectivity index (χ1n) is 10.6. The van der Waals surface area contributed by atoms with Gasteiger partial charge in [0.05, 0.1) is 23.9 Å². The van der Waals surface area contributed by atoms with Gasteiger partial charge in [0, 0.05) is 25.6 Å². The first kappa shape index (κ1) is 19.7. The number of hydrogen-bond donors (Lipinski definition) is 3. The van der Waals surface area contributed by atoms with Gasteiger partial charge in [0.15, 0.2) is 5.17 Å². The van der Waals surface area contributed by atoms with E-state index in [1.165, 1.54) is 22.9 Å². The minimum atomic E-state index is 0.0197. The minimum Gasteiger partial charge on any atom is -0.376 e. The van der Waals surface area contributed by atoms with Gasteiger partial charge in [0.2, 0.25) is 5.91 Å². The number of amides is 1. The molecule has 1 aromatic carbocycles. The predicted molar refractivity (Wildman–Crippen MR) is 117 cm³/mol. The van der Waals surface area contributed by atoms with Gasteiger partial charge in [-0.1, -0.05) is 41.6 Å². The summed E-state index contributed by atoms with van der Waals surface area (Å²) in [6.07, 6.45) is 7.42. The third kappa shape index (κ3) is 4.01. The molecule has 2 saturated heterocycles. The zero-order valence-electron chi connectivity index (χ0n) is 17.1. The highest BCUT2D eigenvalue weighted by Crippen LogP contribution is 2.35. The average Bonchev–Trinajstić information content (AvgIpc) is 3.50. The summed E-state index contributed by atoms with van der Waals surface area (Å²) in [7, 11) is 0. The van der Waals surface area contributed by atoms with Crippen molar-refractivity contribution >= 4 is 22.8 Å². The molecule has 0 aliphatic carbocycles. The summed E-state index contributed by atoms with van der Waals surface area (Å²) < 4.78 is 5.56. The predicted octanol–water partition coefficient (Wildman–Crippen LogP) is 1.63. The molecule has 8 nitrogen and oxygen atoms in total. The largest absolute Gasteiger partial charge is 0.376 e. The van der Waals surface area contributed by atoms with Gasteiger partial charge in [-0.15, -0.1) is 0 Å². The third-order valence-corrected chi connectivity index (χ3v) is 7.03. The van der Waals surface area contributed by atoms with Crippen LogP contribution in [0, 0.1) is 6.92 Å². The van der Waals surface area contributed by atoms with Gasteiger partial charge in [0.1, 0.15) is 6.17 Å². The summed E-state index contributed by atoms with van der Waals surface area (Å²) >= 11 is 1.46. The molecule has 9 heteroatoms. The van der Waals surface area contributed by atoms with Gasteiger partial charge in [0.25, 0.3) is 0 Å². The number of fused-ring (bicyclic) bond motifs is 3. The summed E-state index contributed by atoms with van der Waals surface area (Å²) in [6.45, 7) is 3.51. The molecular weight excluding hydrogens is 400 g/mol. The van der Waals surface area contributed by atoms with Crippen LogP contribution in [0.4, 0.5) is 0 Å². The number of thioether (sulfide) groups is 1. The van der Waals surface area contributed by atoms with Crippen LogP contribution in [-0.2, 0) is 9.53 Å². The van der Waals surface area contributed by atoms with Gasteiger partial charge >= 0.3 is 0 Å². The molecule has 5 rings (SSSR count). The van der Waals surface area contributed by atoms with E-state index in [9.17, 15) is 4.79 Å². The van der Waals surface area contributed by atoms with Crippen LogP contribution in [0.15, 0.2) is 41.8 Å². The Morgan fingerprint density at radius 3 is 3.00 bits per heavy atom. The van der Waals surface area contributed by atoms with Crippen LogP contribution in [0.2, 0.25) is 0 Å². The van der Waals surface area contributed by atoms with Crippen LogP contribution in [-0.4, -0.2) is 58.2 Å². The Balaban J connectivity index is 1.14. The number of amidine groups is 1. The molecule has 4 heterocycles. The maximum atomic E-state index is 12.2. The number of rotatable bonds is 5. The second kappa shape index (κ2) is 8.49. The molecule has 4 aliphatic rings. The van der Waals surface area contributed by atoms with Crippen molar-refractivity contribution in [3.63, 3.8) is 0 Å². The van der Waals surface area contributed by atoms with E-state index in [1.54, 1.807) is 0 Å². The van der Waals surface area contributed by atoms with E-state index >= 15 is 0 Å². The van der Waals surface area contributed by atoms with Crippen molar-refractivity contribution in [1.82, 2.24) is 26.1 Å². The lowest BCUT2D eigenvalue weighted by atomic mass is 9.99. The number of hydrazone groups is 1. The van der Waals surface area contributed by atoms with E-state index in [0.717, 1.165) is 31.0 Å². The van der Waals surface area contributed by atoms with Crippen molar-refractivity contribution in [2.75, 3.05) is 18.9 Å². The smallest absolute Gasteiger partial charge is 0.230 e. The number of nitrogens with zero attached hydrogens (tertiary/aromatic N) is 3. The Hall–Kier alpha value is -2.23. The number of aryl methyl sites for hydroxylation is 1. The second-order valence-corrected chi connectivity index (χ2v) is 9.15. The van der Waals surface area contributed by atoms with Crippen LogP contribution in [0.1, 0.15) is 36.4 Å². The lowest BCUT2D eigenvalue weighted by molar-refractivity contribution is -0.119. The van der Waals surface area contributed by atoms with Gasteiger partial charge in [-0.05, 0) is 31.7 Å². The molecule has 160 valence electrons. The van der Waals surface area contributed by atoms with Crippen molar-refractivity contribution in [2.45, 2.75) is 50.5 Å². The van der Waals surface area contributed by atoms with E-state index in [0.29, 0.717) is 12.3 Å². The number of carbonyl (C=O) groups excluding carboxylic acids is 1. The van der Waals surface area contributed by atoms with Crippen molar-refractivity contribution in [1.29, 1.82) is 0 Å². The third-order valence-electron chi connectivity index (χ3n) is 6.07. The van der Waals surface area contributed by atoms with Crippen LogP contribution in [0.3, 0.4) is 0 Å². The molecule has 3 unspecified atom stereocenters. The summed E-state index contributed by atoms with van der Waals surface area (Å²) in [5.74, 6) is 0.370. The van der Waals surface area contributed by atoms with Crippen LogP contribution >= 0.6 is 11.8 Å². The van der Waals surface area contributed by atoms with Gasteiger partial charge in [-0.25, -0.2) is 5.43 Å². The lowest BCUT2D eigenvalue weighted by Crippen LogP contribution is -2.54. The summed E-state index contributed by atoms with van der Waals surface area (Å²) in [5, 5.41) is 10.5. The zero-order valence-corrected chi connectivity index (χ0v) is 17.9. The van der Waals surface area contributed by atoms with E-state index in [-0.39, 0.29) is 30.3 Å². The Labute approximate surface area is 181 Å². The van der Waals surface area contributed by atoms with Gasteiger partial charge < -0.3 is 20.0 Å². The quantitative estimate of drug-likeness (QED) is 0.658. The Morgan fingerprint density at radius 2 is 2.20 bits per heavy atom. The molecule has 30 heavy (non-hydrogen) atoms. The van der Waals surface area contributed by atoms with Gasteiger partial charge in [-0.3, -0.25) is 10.2 Å². The molecule has 0 spiro atoms. The van der Waals surface area contributed by atoms with E-state index in [2.05, 4.69) is 68.6 Å².